The molecule has 0 unspecified atom stereocenters. The monoisotopic (exact) mass is 508 g/mol. The molecule has 1 amide bonds. The van der Waals surface area contributed by atoms with Gasteiger partial charge in [-0.15, -0.1) is 0 Å². The van der Waals surface area contributed by atoms with E-state index in [0.717, 1.165) is 38.0 Å². The molecule has 0 N–H and O–H groups in total. The van der Waals surface area contributed by atoms with Gasteiger partial charge in [0, 0.05) is 23.0 Å². The molecule has 0 aliphatic carbocycles. The van der Waals surface area contributed by atoms with Gasteiger partial charge >= 0.3 is 0 Å². The normalized spacial score (nSPS) is 14.9. The summed E-state index contributed by atoms with van der Waals surface area (Å²) in [7, 11) is 0. The van der Waals surface area contributed by atoms with Crippen molar-refractivity contribution >= 4 is 49.4 Å². The zero-order chi connectivity index (χ0) is 22.4. The molecule has 3 heterocycles. The molecule has 1 aliphatic heterocycles. The maximum atomic E-state index is 13.3. The van der Waals surface area contributed by atoms with Crippen LogP contribution >= 0.6 is 27.3 Å². The number of hydrogen-bond acceptors (Lipinski definition) is 6. The van der Waals surface area contributed by atoms with Crippen LogP contribution in [0.15, 0.2) is 62.6 Å². The highest BCUT2D eigenvalue weighted by atomic mass is 79.9. The minimum absolute atomic E-state index is 0.178. The predicted octanol–water partition coefficient (Wildman–Crippen LogP) is 2.54. The van der Waals surface area contributed by atoms with E-state index in [1.807, 2.05) is 55.5 Å². The molecule has 160 valence electrons. The second-order valence-electron chi connectivity index (χ2n) is 7.45. The van der Waals surface area contributed by atoms with E-state index in [1.165, 1.54) is 0 Å². The summed E-state index contributed by atoms with van der Waals surface area (Å²) in [5, 5.41) is 4.31. The number of benzene rings is 2. The number of halogens is 1. The van der Waals surface area contributed by atoms with Crippen LogP contribution in [0.5, 0.6) is 0 Å². The molecule has 2 aromatic heterocycles. The number of hydrogen-bond donors (Lipinski definition) is 0. The summed E-state index contributed by atoms with van der Waals surface area (Å²) in [4.78, 5) is 45.1. The van der Waals surface area contributed by atoms with E-state index >= 15 is 0 Å². The van der Waals surface area contributed by atoms with Crippen LogP contribution in [0.4, 0.5) is 5.69 Å². The molecular formula is C23H17BrN4O3S. The van der Waals surface area contributed by atoms with E-state index in [0.29, 0.717) is 17.7 Å². The third kappa shape index (κ3) is 3.37. The Kier molecular flexibility index (Phi) is 5.22. The summed E-state index contributed by atoms with van der Waals surface area (Å²) >= 11 is 4.48. The third-order valence-corrected chi connectivity index (χ3v) is 6.82. The van der Waals surface area contributed by atoms with Gasteiger partial charge in [-0.2, -0.15) is 14.6 Å². The summed E-state index contributed by atoms with van der Waals surface area (Å²) in [6.45, 7) is 2.54. The average molecular weight is 509 g/mol. The molecule has 0 fully saturated rings. The molecule has 0 bridgehead atoms. The van der Waals surface area contributed by atoms with Gasteiger partial charge in [0.05, 0.1) is 11.3 Å². The molecule has 0 atom stereocenters. The minimum Gasteiger partial charge on any atom is -0.308 e. The number of carbonyl (C=O) groups is 1. The van der Waals surface area contributed by atoms with Crippen molar-refractivity contribution in [1.29, 1.82) is 0 Å². The number of rotatable bonds is 4. The number of thiazole rings is 1. The number of carbonyl (C=O) groups excluding carboxylic acids is 1. The van der Waals surface area contributed by atoms with E-state index < -0.39 is 11.1 Å². The Bertz CT molecular complexity index is 1550. The Hall–Kier alpha value is -3.17. The highest BCUT2D eigenvalue weighted by molar-refractivity contribution is 9.10. The first-order valence-electron chi connectivity index (χ1n) is 10.1. The maximum absolute atomic E-state index is 13.3. The Morgan fingerprint density at radius 3 is 2.59 bits per heavy atom. The van der Waals surface area contributed by atoms with Crippen LogP contribution in [-0.4, -0.2) is 27.0 Å². The topological polar surface area (TPSA) is 84.6 Å². The van der Waals surface area contributed by atoms with Crippen molar-refractivity contribution in [2.75, 3.05) is 11.4 Å². The molecule has 0 spiro atoms. The maximum Gasteiger partial charge on any atom is 0.296 e. The standard InChI is InChI=1S/C23H17BrN4O3S/c1-2-10-27-17-9-8-14(24)12-15(17)18(21(27)30)19-22(31)28-23(32-19)25-20(29)16(26-28)11-13-6-4-3-5-7-13/h3-9,12H,2,10-11H2,1H3. The van der Waals surface area contributed by atoms with Crippen molar-refractivity contribution in [3.05, 3.63) is 95.1 Å². The molecule has 9 heteroatoms. The van der Waals surface area contributed by atoms with E-state index in [-0.39, 0.29) is 27.5 Å². The van der Waals surface area contributed by atoms with Crippen molar-refractivity contribution in [2.24, 2.45) is 0 Å². The zero-order valence-corrected chi connectivity index (χ0v) is 19.4. The zero-order valence-electron chi connectivity index (χ0n) is 17.0. The fourth-order valence-corrected chi connectivity index (χ4v) is 5.22. The average Bonchev–Trinajstić information content (AvgIpc) is 3.22. The van der Waals surface area contributed by atoms with Gasteiger partial charge in [-0.25, -0.2) is 0 Å². The van der Waals surface area contributed by atoms with Crippen molar-refractivity contribution in [2.45, 2.75) is 19.8 Å². The Morgan fingerprint density at radius 2 is 1.84 bits per heavy atom. The van der Waals surface area contributed by atoms with Gasteiger partial charge in [0.1, 0.15) is 10.2 Å². The number of nitrogens with zero attached hydrogens (tertiary/aromatic N) is 4. The molecule has 0 radical (unpaired) electrons. The van der Waals surface area contributed by atoms with Gasteiger partial charge in [0.25, 0.3) is 17.0 Å². The van der Waals surface area contributed by atoms with Crippen LogP contribution in [0.25, 0.3) is 10.5 Å². The summed E-state index contributed by atoms with van der Waals surface area (Å²) in [6, 6.07) is 15.0. The fraction of sp³-hybridized carbons (Fsp3) is 0.174. The lowest BCUT2D eigenvalue weighted by Crippen LogP contribution is -2.33. The third-order valence-electron chi connectivity index (χ3n) is 5.29. The van der Waals surface area contributed by atoms with E-state index in [1.54, 1.807) is 4.90 Å². The van der Waals surface area contributed by atoms with E-state index in [4.69, 9.17) is 0 Å². The quantitative estimate of drug-likeness (QED) is 0.422. The van der Waals surface area contributed by atoms with Crippen molar-refractivity contribution in [3.8, 4) is 0 Å². The van der Waals surface area contributed by atoms with Gasteiger partial charge < -0.3 is 4.90 Å². The molecule has 2 aromatic carbocycles. The van der Waals surface area contributed by atoms with Gasteiger partial charge in [-0.1, -0.05) is 64.5 Å². The number of amides is 1. The fourth-order valence-electron chi connectivity index (χ4n) is 3.86. The molecule has 5 rings (SSSR count). The predicted molar refractivity (Wildman–Crippen MR) is 127 cm³/mol. The van der Waals surface area contributed by atoms with Crippen LogP contribution in [-0.2, 0) is 11.2 Å². The van der Waals surface area contributed by atoms with Crippen LogP contribution in [0, 0.1) is 0 Å². The lowest BCUT2D eigenvalue weighted by molar-refractivity contribution is -0.113. The number of aromatic nitrogens is 3. The van der Waals surface area contributed by atoms with Gasteiger partial charge in [0.15, 0.2) is 0 Å². The molecule has 4 aromatic rings. The largest absolute Gasteiger partial charge is 0.308 e. The first kappa shape index (κ1) is 20.7. The van der Waals surface area contributed by atoms with E-state index in [9.17, 15) is 14.4 Å². The molecule has 32 heavy (non-hydrogen) atoms. The Labute approximate surface area is 194 Å². The van der Waals surface area contributed by atoms with Gasteiger partial charge in [-0.3, -0.25) is 14.4 Å². The minimum atomic E-state index is -0.472. The van der Waals surface area contributed by atoms with Crippen LogP contribution < -0.4 is 20.6 Å². The number of anilines is 1. The number of fused-ring (bicyclic) bond motifs is 2. The van der Waals surface area contributed by atoms with Gasteiger partial charge in [0.2, 0.25) is 4.96 Å². The second kappa shape index (κ2) is 8.07. The summed E-state index contributed by atoms with van der Waals surface area (Å²) in [5.74, 6) is -0.226. The van der Waals surface area contributed by atoms with Crippen LogP contribution in [0.1, 0.15) is 30.2 Å². The summed E-state index contributed by atoms with van der Waals surface area (Å²) in [6.07, 6.45) is 1.06. The van der Waals surface area contributed by atoms with Crippen molar-refractivity contribution < 1.29 is 4.79 Å². The van der Waals surface area contributed by atoms with Crippen molar-refractivity contribution in [1.82, 2.24) is 14.6 Å². The van der Waals surface area contributed by atoms with E-state index in [2.05, 4.69) is 26.0 Å². The SMILES string of the molecule is CCCN1C(=O)C(=c2sc3nc(=O)c(Cc4ccccc4)nn3c2=O)c2cc(Br)ccc21. The lowest BCUT2D eigenvalue weighted by atomic mass is 10.1. The molecular weight excluding hydrogens is 492 g/mol. The summed E-state index contributed by atoms with van der Waals surface area (Å²) < 4.78 is 2.19. The van der Waals surface area contributed by atoms with Crippen LogP contribution in [0.2, 0.25) is 0 Å². The second-order valence-corrected chi connectivity index (χ2v) is 9.34. The highest BCUT2D eigenvalue weighted by Crippen LogP contribution is 2.37. The molecule has 0 saturated carbocycles. The van der Waals surface area contributed by atoms with Gasteiger partial charge in [-0.05, 0) is 30.2 Å². The molecule has 7 nitrogen and oxygen atoms in total. The first-order valence-corrected chi connectivity index (χ1v) is 11.7. The Balaban J connectivity index is 1.74. The Morgan fingerprint density at radius 1 is 1.06 bits per heavy atom. The smallest absolute Gasteiger partial charge is 0.296 e. The summed E-state index contributed by atoms with van der Waals surface area (Å²) in [5.41, 5.74) is 1.96. The lowest BCUT2D eigenvalue weighted by Gasteiger charge is -2.15. The van der Waals surface area contributed by atoms with Crippen LogP contribution in [0.3, 0.4) is 0 Å². The molecule has 0 saturated heterocycles. The first-order chi connectivity index (χ1) is 15.5. The highest BCUT2D eigenvalue weighted by Gasteiger charge is 2.34. The van der Waals surface area contributed by atoms with Crippen molar-refractivity contribution in [3.63, 3.8) is 0 Å². The molecule has 1 aliphatic rings.